The van der Waals surface area contributed by atoms with E-state index in [1.54, 1.807) is 17.6 Å². The van der Waals surface area contributed by atoms with Crippen LogP contribution in [0.5, 0.6) is 0 Å². The van der Waals surface area contributed by atoms with Gasteiger partial charge in [0.1, 0.15) is 11.1 Å². The lowest BCUT2D eigenvalue weighted by Crippen LogP contribution is -2.26. The SMILES string of the molecule is CC(C)(C)[C@@H]1CCc2c(sc(N=Cc3ccc[nH]3)c2C#N)C1. The molecule has 0 amide bonds. The summed E-state index contributed by atoms with van der Waals surface area (Å²) in [4.78, 5) is 9.02. The van der Waals surface area contributed by atoms with Crippen LogP contribution in [0.1, 0.15) is 48.9 Å². The van der Waals surface area contributed by atoms with Crippen LogP contribution in [0.4, 0.5) is 5.00 Å². The Labute approximate surface area is 135 Å². The van der Waals surface area contributed by atoms with Crippen LogP contribution < -0.4 is 0 Å². The summed E-state index contributed by atoms with van der Waals surface area (Å²) in [7, 11) is 0. The average Bonchev–Trinajstić information content (AvgIpc) is 3.10. The van der Waals surface area contributed by atoms with Gasteiger partial charge in [-0.25, -0.2) is 4.99 Å². The van der Waals surface area contributed by atoms with Crippen molar-refractivity contribution >= 4 is 22.6 Å². The van der Waals surface area contributed by atoms with Gasteiger partial charge in [0.05, 0.1) is 17.5 Å². The van der Waals surface area contributed by atoms with Crippen LogP contribution in [-0.4, -0.2) is 11.2 Å². The fourth-order valence-corrected chi connectivity index (χ4v) is 4.29. The highest BCUT2D eigenvalue weighted by Gasteiger charge is 2.32. The number of fused-ring (bicyclic) bond motifs is 1. The predicted octanol–water partition coefficient (Wildman–Crippen LogP) is 4.85. The van der Waals surface area contributed by atoms with Gasteiger partial charge in [0, 0.05) is 11.1 Å². The van der Waals surface area contributed by atoms with E-state index >= 15 is 0 Å². The first kappa shape index (κ1) is 15.1. The zero-order valence-electron chi connectivity index (χ0n) is 13.3. The van der Waals surface area contributed by atoms with Gasteiger partial charge in [-0.05, 0) is 48.3 Å². The number of aromatic nitrogens is 1. The van der Waals surface area contributed by atoms with Crippen LogP contribution in [0.15, 0.2) is 23.3 Å². The Morgan fingerprint density at radius 2 is 2.27 bits per heavy atom. The lowest BCUT2D eigenvalue weighted by Gasteiger charge is -2.33. The molecule has 2 aromatic rings. The van der Waals surface area contributed by atoms with Crippen molar-refractivity contribution in [1.82, 2.24) is 4.98 Å². The number of nitriles is 1. The molecule has 2 heterocycles. The first-order valence-electron chi connectivity index (χ1n) is 7.71. The van der Waals surface area contributed by atoms with Gasteiger partial charge < -0.3 is 4.98 Å². The quantitative estimate of drug-likeness (QED) is 0.792. The topological polar surface area (TPSA) is 51.9 Å². The van der Waals surface area contributed by atoms with Crippen molar-refractivity contribution in [2.45, 2.75) is 40.0 Å². The minimum atomic E-state index is 0.322. The first-order chi connectivity index (χ1) is 10.5. The Balaban J connectivity index is 1.91. The minimum Gasteiger partial charge on any atom is -0.360 e. The molecule has 1 aliphatic carbocycles. The van der Waals surface area contributed by atoms with Gasteiger partial charge in [0.15, 0.2) is 0 Å². The van der Waals surface area contributed by atoms with E-state index in [9.17, 15) is 5.26 Å². The molecule has 1 atom stereocenters. The lowest BCUT2D eigenvalue weighted by atomic mass is 9.72. The number of nitrogens with one attached hydrogen (secondary N) is 1. The van der Waals surface area contributed by atoms with Crippen molar-refractivity contribution < 1.29 is 0 Å². The van der Waals surface area contributed by atoms with Crippen molar-refractivity contribution in [2.24, 2.45) is 16.3 Å². The molecule has 2 aromatic heterocycles. The van der Waals surface area contributed by atoms with Gasteiger partial charge in [-0.3, -0.25) is 0 Å². The van der Waals surface area contributed by atoms with Crippen molar-refractivity contribution in [1.29, 1.82) is 5.26 Å². The number of hydrogen-bond donors (Lipinski definition) is 1. The second kappa shape index (κ2) is 5.73. The molecule has 0 saturated heterocycles. The Morgan fingerprint density at radius 1 is 1.45 bits per heavy atom. The molecule has 1 N–H and O–H groups in total. The van der Waals surface area contributed by atoms with Crippen molar-refractivity contribution in [3.63, 3.8) is 0 Å². The van der Waals surface area contributed by atoms with Gasteiger partial charge in [-0.2, -0.15) is 5.26 Å². The third kappa shape index (κ3) is 2.86. The van der Waals surface area contributed by atoms with Crippen LogP contribution in [0.2, 0.25) is 0 Å². The predicted molar refractivity (Wildman–Crippen MR) is 92.1 cm³/mol. The molecule has 0 fully saturated rings. The molecule has 0 bridgehead atoms. The fraction of sp³-hybridized carbons (Fsp3) is 0.444. The molecule has 0 saturated carbocycles. The number of aromatic amines is 1. The first-order valence-corrected chi connectivity index (χ1v) is 8.53. The van der Waals surface area contributed by atoms with Crippen LogP contribution in [0, 0.1) is 22.7 Å². The number of nitrogens with zero attached hydrogens (tertiary/aromatic N) is 2. The molecule has 0 radical (unpaired) electrons. The number of thiophene rings is 1. The Bertz CT molecular complexity index is 724. The zero-order valence-corrected chi connectivity index (χ0v) is 14.1. The minimum absolute atomic E-state index is 0.322. The summed E-state index contributed by atoms with van der Waals surface area (Å²) in [5.74, 6) is 0.686. The highest BCUT2D eigenvalue weighted by Crippen LogP contribution is 2.44. The summed E-state index contributed by atoms with van der Waals surface area (Å²) >= 11 is 1.69. The maximum absolute atomic E-state index is 9.52. The van der Waals surface area contributed by atoms with Crippen LogP contribution in [0.25, 0.3) is 0 Å². The summed E-state index contributed by atoms with van der Waals surface area (Å²) in [6.45, 7) is 6.93. The molecule has 4 heteroatoms. The largest absolute Gasteiger partial charge is 0.360 e. The lowest BCUT2D eigenvalue weighted by molar-refractivity contribution is 0.218. The zero-order chi connectivity index (χ0) is 15.7. The standard InChI is InChI=1S/C18H21N3S/c1-18(2,3)12-6-7-14-15(10-19)17(22-16(14)9-12)21-11-13-5-4-8-20-13/h4-5,8,11-12,20H,6-7,9H2,1-3H3/t12-/m1/s1. The summed E-state index contributed by atoms with van der Waals surface area (Å²) < 4.78 is 0. The number of rotatable bonds is 2. The number of aliphatic imine (C=N–C) groups is 1. The molecular formula is C18H21N3S. The Morgan fingerprint density at radius 3 is 2.91 bits per heavy atom. The molecule has 1 aliphatic rings. The molecule has 0 aliphatic heterocycles. The van der Waals surface area contributed by atoms with Gasteiger partial charge in [-0.15, -0.1) is 11.3 Å². The monoisotopic (exact) mass is 311 g/mol. The highest BCUT2D eigenvalue weighted by atomic mass is 32.1. The maximum atomic E-state index is 9.52. The van der Waals surface area contributed by atoms with E-state index in [2.05, 4.69) is 36.8 Å². The van der Waals surface area contributed by atoms with E-state index in [1.165, 1.54) is 16.9 Å². The fourth-order valence-electron chi connectivity index (χ4n) is 3.07. The third-order valence-corrected chi connectivity index (χ3v) is 5.69. The molecule has 22 heavy (non-hydrogen) atoms. The van der Waals surface area contributed by atoms with E-state index in [0.717, 1.165) is 29.1 Å². The number of hydrogen-bond acceptors (Lipinski definition) is 3. The van der Waals surface area contributed by atoms with E-state index in [-0.39, 0.29) is 0 Å². The van der Waals surface area contributed by atoms with E-state index in [0.29, 0.717) is 11.3 Å². The maximum Gasteiger partial charge on any atom is 0.134 e. The second-order valence-electron chi connectivity index (χ2n) is 6.99. The molecule has 3 rings (SSSR count). The van der Waals surface area contributed by atoms with Crippen LogP contribution in [-0.2, 0) is 12.8 Å². The van der Waals surface area contributed by atoms with E-state index in [4.69, 9.17) is 0 Å². The second-order valence-corrected chi connectivity index (χ2v) is 8.07. The van der Waals surface area contributed by atoms with Crippen LogP contribution in [0.3, 0.4) is 0 Å². The summed E-state index contributed by atoms with van der Waals surface area (Å²) in [5, 5.41) is 10.4. The van der Waals surface area contributed by atoms with Gasteiger partial charge in [0.2, 0.25) is 0 Å². The Kier molecular flexibility index (Phi) is 3.92. The van der Waals surface area contributed by atoms with Crippen LogP contribution >= 0.6 is 11.3 Å². The van der Waals surface area contributed by atoms with Crippen molar-refractivity contribution in [2.75, 3.05) is 0 Å². The summed E-state index contributed by atoms with van der Waals surface area (Å²) in [6.07, 6.45) is 6.94. The van der Waals surface area contributed by atoms with Gasteiger partial charge >= 0.3 is 0 Å². The van der Waals surface area contributed by atoms with Gasteiger partial charge in [0.25, 0.3) is 0 Å². The van der Waals surface area contributed by atoms with Crippen molar-refractivity contribution in [3.05, 3.63) is 40.0 Å². The summed E-state index contributed by atoms with van der Waals surface area (Å²) in [5.41, 5.74) is 3.31. The molecular weight excluding hydrogens is 290 g/mol. The number of H-pyrrole nitrogens is 1. The third-order valence-electron chi connectivity index (χ3n) is 4.53. The van der Waals surface area contributed by atoms with E-state index in [1.807, 2.05) is 18.3 Å². The van der Waals surface area contributed by atoms with E-state index < -0.39 is 0 Å². The molecule has 114 valence electrons. The van der Waals surface area contributed by atoms with Gasteiger partial charge in [-0.1, -0.05) is 20.8 Å². The average molecular weight is 311 g/mol. The highest BCUT2D eigenvalue weighted by molar-refractivity contribution is 7.16. The summed E-state index contributed by atoms with van der Waals surface area (Å²) in [6, 6.07) is 6.29. The molecule has 0 aromatic carbocycles. The molecule has 0 spiro atoms. The van der Waals surface area contributed by atoms with Crippen molar-refractivity contribution in [3.8, 4) is 6.07 Å². The normalized spacial score (nSPS) is 18.4. The smallest absolute Gasteiger partial charge is 0.134 e. The Hall–Kier alpha value is -1.86. The molecule has 0 unspecified atom stereocenters. The molecule has 3 nitrogen and oxygen atoms in total.